The lowest BCUT2D eigenvalue weighted by molar-refractivity contribution is -0.132. The molecule has 6 nitrogen and oxygen atoms in total. The zero-order valence-electron chi connectivity index (χ0n) is 14.3. The number of hydrogen-bond donors (Lipinski definition) is 2. The first-order valence-corrected chi connectivity index (χ1v) is 7.45. The van der Waals surface area contributed by atoms with Crippen molar-refractivity contribution in [2.24, 2.45) is 4.99 Å². The van der Waals surface area contributed by atoms with Crippen molar-refractivity contribution in [3.05, 3.63) is 89.6 Å². The van der Waals surface area contributed by atoms with Gasteiger partial charge in [-0.1, -0.05) is 50.1 Å². The van der Waals surface area contributed by atoms with Crippen molar-refractivity contribution < 1.29 is 9.90 Å². The number of nitrogens with one attached hydrogen (secondary N) is 1. The molecule has 1 aromatic rings. The van der Waals surface area contributed by atoms with Gasteiger partial charge in [-0.2, -0.15) is 0 Å². The van der Waals surface area contributed by atoms with Crippen LogP contribution in [0.4, 0.5) is 0 Å². The van der Waals surface area contributed by atoms with Gasteiger partial charge in [-0.05, 0) is 25.5 Å². The lowest BCUT2D eigenvalue weighted by Crippen LogP contribution is -2.25. The highest BCUT2D eigenvalue weighted by atomic mass is 16.4. The maximum atomic E-state index is 12.7. The fourth-order valence-electron chi connectivity index (χ4n) is 2.03. The fraction of sp³-hybridized carbons (Fsp3) is 0.105. The van der Waals surface area contributed by atoms with Crippen LogP contribution < -0.4 is 5.56 Å². The van der Waals surface area contributed by atoms with Gasteiger partial charge < -0.3 is 5.11 Å². The number of H-pyrrole nitrogens is 1. The zero-order chi connectivity index (χ0) is 19.0. The smallest absolute Gasteiger partial charge is 0.337 e. The summed E-state index contributed by atoms with van der Waals surface area (Å²) in [6.45, 7) is 14.4. The molecule has 1 heterocycles. The molecule has 0 spiro atoms. The first kappa shape index (κ1) is 19.6. The molecule has 0 aliphatic carbocycles. The average Bonchev–Trinajstić information content (AvgIpc) is 2.87. The van der Waals surface area contributed by atoms with Gasteiger partial charge in [0.25, 0.3) is 5.56 Å². The van der Waals surface area contributed by atoms with E-state index in [-0.39, 0.29) is 17.0 Å². The van der Waals surface area contributed by atoms with E-state index in [9.17, 15) is 9.59 Å². The van der Waals surface area contributed by atoms with Crippen molar-refractivity contribution in [3.8, 4) is 0 Å². The van der Waals surface area contributed by atoms with E-state index in [4.69, 9.17) is 5.11 Å². The summed E-state index contributed by atoms with van der Waals surface area (Å²) in [5.41, 5.74) is 1.30. The van der Waals surface area contributed by atoms with Crippen LogP contribution in [0, 0.1) is 6.92 Å². The maximum Gasteiger partial charge on any atom is 0.337 e. The third-order valence-corrected chi connectivity index (χ3v) is 3.26. The Morgan fingerprint density at radius 2 is 1.92 bits per heavy atom. The summed E-state index contributed by atoms with van der Waals surface area (Å²) < 4.78 is 1.20. The van der Waals surface area contributed by atoms with Gasteiger partial charge in [0, 0.05) is 11.9 Å². The maximum absolute atomic E-state index is 12.7. The molecule has 0 saturated carbocycles. The first-order chi connectivity index (χ1) is 11.9. The van der Waals surface area contributed by atoms with E-state index in [1.165, 1.54) is 10.8 Å². The number of allylic oxidation sites excluding steroid dienone is 6. The molecule has 1 rings (SSSR count). The minimum Gasteiger partial charge on any atom is -0.478 e. The van der Waals surface area contributed by atoms with Crippen LogP contribution in [-0.4, -0.2) is 26.7 Å². The Hall–Kier alpha value is -3.41. The Labute approximate surface area is 146 Å². The molecule has 25 heavy (non-hydrogen) atoms. The summed E-state index contributed by atoms with van der Waals surface area (Å²) in [6.07, 6.45) is 10.6. The summed E-state index contributed by atoms with van der Waals surface area (Å²) >= 11 is 0. The van der Waals surface area contributed by atoms with Gasteiger partial charge in [0.1, 0.15) is 0 Å². The van der Waals surface area contributed by atoms with E-state index in [1.54, 1.807) is 19.1 Å². The molecule has 0 radical (unpaired) electrons. The second-order valence-electron chi connectivity index (χ2n) is 4.89. The van der Waals surface area contributed by atoms with Gasteiger partial charge in [-0.3, -0.25) is 9.89 Å². The molecule has 0 aromatic carbocycles. The molecule has 2 N–H and O–H groups in total. The van der Waals surface area contributed by atoms with Gasteiger partial charge in [0.2, 0.25) is 0 Å². The summed E-state index contributed by atoms with van der Waals surface area (Å²) in [5.74, 6) is -1.00. The highest BCUT2D eigenvalue weighted by Crippen LogP contribution is 2.15. The molecule has 0 unspecified atom stereocenters. The molecule has 0 amide bonds. The molecule has 0 aliphatic rings. The van der Waals surface area contributed by atoms with E-state index in [2.05, 4.69) is 29.8 Å². The molecular formula is C19H21N3O3. The Bertz CT molecular complexity index is 874. The number of aromatic amines is 1. The standard InChI is InChI=1S/C19H21N3O3/c1-6-10-11-14(7-2)17-13(5)21-22(18(17)23)16(9-4)20-12-15(8-3)19(24)25/h6-12,21H,2-4H2,1,5H3,(H,24,25)/b10-6-,14-11+,15-12+,20-16?. The van der Waals surface area contributed by atoms with Crippen molar-refractivity contribution in [1.82, 2.24) is 9.78 Å². The quantitative estimate of drug-likeness (QED) is 0.346. The lowest BCUT2D eigenvalue weighted by Gasteiger charge is -2.00. The van der Waals surface area contributed by atoms with Gasteiger partial charge >= 0.3 is 5.97 Å². The number of aliphatic imine (C=N–C) groups is 1. The zero-order valence-corrected chi connectivity index (χ0v) is 14.3. The summed E-state index contributed by atoms with van der Waals surface area (Å²) in [4.78, 5) is 27.7. The van der Waals surface area contributed by atoms with Crippen molar-refractivity contribution >= 4 is 17.4 Å². The van der Waals surface area contributed by atoms with E-state index < -0.39 is 5.97 Å². The second kappa shape index (κ2) is 9.02. The summed E-state index contributed by atoms with van der Waals surface area (Å²) in [7, 11) is 0. The van der Waals surface area contributed by atoms with Crippen LogP contribution in [0.3, 0.4) is 0 Å². The van der Waals surface area contributed by atoms with E-state index in [0.29, 0.717) is 16.8 Å². The number of aryl methyl sites for hydroxylation is 1. The molecular weight excluding hydrogens is 318 g/mol. The van der Waals surface area contributed by atoms with E-state index >= 15 is 0 Å². The summed E-state index contributed by atoms with van der Waals surface area (Å²) in [6, 6.07) is 0. The van der Waals surface area contributed by atoms with Gasteiger partial charge in [0.05, 0.1) is 11.1 Å². The van der Waals surface area contributed by atoms with Crippen LogP contribution in [0.25, 0.3) is 5.57 Å². The minimum atomic E-state index is -1.17. The number of hydrogen-bond acceptors (Lipinski definition) is 3. The van der Waals surface area contributed by atoms with Crippen LogP contribution in [0.1, 0.15) is 18.2 Å². The Morgan fingerprint density at radius 3 is 2.40 bits per heavy atom. The normalized spacial score (nSPS) is 13.1. The summed E-state index contributed by atoms with van der Waals surface area (Å²) in [5, 5.41) is 11.9. The Kier molecular flexibility index (Phi) is 7.09. The average molecular weight is 339 g/mol. The number of carbonyl (C=O) groups is 1. The molecule has 0 saturated heterocycles. The number of aromatic nitrogens is 2. The van der Waals surface area contributed by atoms with Crippen molar-refractivity contribution in [2.45, 2.75) is 13.8 Å². The monoisotopic (exact) mass is 339 g/mol. The molecule has 6 heteroatoms. The number of aliphatic carboxylic acids is 1. The molecule has 130 valence electrons. The molecule has 0 atom stereocenters. The molecule has 1 aromatic heterocycles. The Morgan fingerprint density at radius 1 is 1.24 bits per heavy atom. The highest BCUT2D eigenvalue weighted by molar-refractivity contribution is 5.96. The number of carboxylic acids is 1. The first-order valence-electron chi connectivity index (χ1n) is 7.45. The van der Waals surface area contributed by atoms with Crippen LogP contribution in [-0.2, 0) is 4.79 Å². The SMILES string of the molecule is C=CC(=N/C=C(\C=C)C(=O)O)n1[nH]c(C)c(/C(C=C)=C/C=C\C)c1=O. The predicted molar refractivity (Wildman–Crippen MR) is 102 cm³/mol. The molecule has 0 fully saturated rings. The van der Waals surface area contributed by atoms with Crippen LogP contribution in [0.15, 0.2) is 77.8 Å². The van der Waals surface area contributed by atoms with Crippen LogP contribution in [0.2, 0.25) is 0 Å². The third-order valence-electron chi connectivity index (χ3n) is 3.26. The number of nitrogens with zero attached hydrogens (tertiary/aromatic N) is 2. The van der Waals surface area contributed by atoms with Crippen LogP contribution in [0.5, 0.6) is 0 Å². The predicted octanol–water partition coefficient (Wildman–Crippen LogP) is 3.22. The molecule has 0 aliphatic heterocycles. The second-order valence-corrected chi connectivity index (χ2v) is 4.89. The third kappa shape index (κ3) is 4.54. The van der Waals surface area contributed by atoms with Crippen LogP contribution >= 0.6 is 0 Å². The van der Waals surface area contributed by atoms with E-state index in [1.807, 2.05) is 19.1 Å². The van der Waals surface area contributed by atoms with Crippen molar-refractivity contribution in [2.75, 3.05) is 0 Å². The highest BCUT2D eigenvalue weighted by Gasteiger charge is 2.15. The number of rotatable bonds is 7. The fourth-order valence-corrected chi connectivity index (χ4v) is 2.03. The van der Waals surface area contributed by atoms with Gasteiger partial charge in [0.15, 0.2) is 5.84 Å². The topological polar surface area (TPSA) is 87.4 Å². The largest absolute Gasteiger partial charge is 0.478 e. The minimum absolute atomic E-state index is 0.101. The lowest BCUT2D eigenvalue weighted by atomic mass is 10.1. The van der Waals surface area contributed by atoms with Gasteiger partial charge in [-0.15, -0.1) is 0 Å². The Balaban J connectivity index is 3.53. The number of carboxylic acid groups (broad SMARTS) is 1. The van der Waals surface area contributed by atoms with Gasteiger partial charge in [-0.25, -0.2) is 14.5 Å². The molecule has 0 bridgehead atoms. The van der Waals surface area contributed by atoms with Crippen molar-refractivity contribution in [1.29, 1.82) is 0 Å². The van der Waals surface area contributed by atoms with E-state index in [0.717, 1.165) is 12.3 Å². The van der Waals surface area contributed by atoms with Crippen molar-refractivity contribution in [3.63, 3.8) is 0 Å².